The number of rotatable bonds is 7. The minimum absolute atomic E-state index is 0.0837. The van der Waals surface area contributed by atoms with Gasteiger partial charge in [0.1, 0.15) is 11.5 Å². The topological polar surface area (TPSA) is 47.6 Å². The number of anilines is 1. The van der Waals surface area contributed by atoms with Gasteiger partial charge in [-0.3, -0.25) is 4.79 Å². The van der Waals surface area contributed by atoms with Crippen molar-refractivity contribution < 1.29 is 14.3 Å². The van der Waals surface area contributed by atoms with E-state index < -0.39 is 0 Å². The first kappa shape index (κ1) is 19.8. The van der Waals surface area contributed by atoms with Gasteiger partial charge in [-0.2, -0.15) is 0 Å². The van der Waals surface area contributed by atoms with Crippen molar-refractivity contribution in [1.29, 1.82) is 0 Å². The summed E-state index contributed by atoms with van der Waals surface area (Å²) in [6.07, 6.45) is 0. The third-order valence-corrected chi connectivity index (χ3v) is 4.32. The molecule has 6 heteroatoms. The first-order valence-electron chi connectivity index (χ1n) is 7.97. The number of hydrogen-bond donors (Lipinski definition) is 1. The Morgan fingerprint density at radius 1 is 1.16 bits per heavy atom. The maximum Gasteiger partial charge on any atom is 0.262 e. The van der Waals surface area contributed by atoms with Crippen molar-refractivity contribution in [2.45, 2.75) is 20.8 Å². The molecule has 25 heavy (non-hydrogen) atoms. The molecule has 2 rings (SSSR count). The Balaban J connectivity index is 1.99. The number of amides is 1. The molecule has 2 aromatic carbocycles. The Morgan fingerprint density at radius 2 is 1.88 bits per heavy atom. The molecule has 0 atom stereocenters. The predicted octanol–water partition coefficient (Wildman–Crippen LogP) is 5.57. The van der Waals surface area contributed by atoms with E-state index in [9.17, 15) is 4.79 Å². The second kappa shape index (κ2) is 9.25. The second-order valence-electron chi connectivity index (χ2n) is 6.07. The van der Waals surface area contributed by atoms with E-state index in [1.807, 2.05) is 43.3 Å². The molecule has 0 aromatic heterocycles. The predicted molar refractivity (Wildman–Crippen MR) is 107 cm³/mol. The molecule has 0 radical (unpaired) electrons. The summed E-state index contributed by atoms with van der Waals surface area (Å²) in [6, 6.07) is 11.2. The molecule has 1 amide bonds. The minimum Gasteiger partial charge on any atom is -0.491 e. The maximum atomic E-state index is 12.2. The second-order valence-corrected chi connectivity index (χ2v) is 7.84. The van der Waals surface area contributed by atoms with Crippen molar-refractivity contribution in [2.75, 3.05) is 18.5 Å². The van der Waals surface area contributed by atoms with Gasteiger partial charge in [-0.1, -0.05) is 41.9 Å². The third kappa shape index (κ3) is 6.04. The molecule has 0 heterocycles. The normalized spacial score (nSPS) is 10.6. The first-order chi connectivity index (χ1) is 11.9. The number of benzene rings is 2. The zero-order valence-corrected chi connectivity index (χ0v) is 17.6. The number of carbonyl (C=O) groups excluding carboxylic acids is 1. The lowest BCUT2D eigenvalue weighted by atomic mass is 10.2. The van der Waals surface area contributed by atoms with E-state index in [-0.39, 0.29) is 12.5 Å². The molecule has 0 saturated carbocycles. The number of nitrogens with one attached hydrogen (secondary N) is 1. The Bertz CT molecular complexity index is 724. The molecule has 0 spiro atoms. The summed E-state index contributed by atoms with van der Waals surface area (Å²) in [5.41, 5.74) is 1.58. The average Bonchev–Trinajstić information content (AvgIpc) is 2.53. The van der Waals surface area contributed by atoms with Crippen LogP contribution in [0.3, 0.4) is 0 Å². The Morgan fingerprint density at radius 3 is 2.56 bits per heavy atom. The van der Waals surface area contributed by atoms with E-state index in [0.717, 1.165) is 14.5 Å². The number of para-hydroxylation sites is 2. The average molecular weight is 471 g/mol. The van der Waals surface area contributed by atoms with Crippen LogP contribution in [0.25, 0.3) is 0 Å². The largest absolute Gasteiger partial charge is 0.491 e. The molecule has 0 bridgehead atoms. The quantitative estimate of drug-likeness (QED) is 0.575. The lowest BCUT2D eigenvalue weighted by Gasteiger charge is -2.15. The molecule has 0 fully saturated rings. The van der Waals surface area contributed by atoms with Crippen molar-refractivity contribution in [3.63, 3.8) is 0 Å². The van der Waals surface area contributed by atoms with E-state index in [0.29, 0.717) is 29.7 Å². The van der Waals surface area contributed by atoms with Crippen molar-refractivity contribution >= 4 is 43.5 Å². The lowest BCUT2D eigenvalue weighted by molar-refractivity contribution is -0.118. The summed E-state index contributed by atoms with van der Waals surface area (Å²) in [5, 5.41) is 2.84. The van der Waals surface area contributed by atoms with Crippen LogP contribution in [0, 0.1) is 12.8 Å². The Kier molecular flexibility index (Phi) is 7.32. The molecule has 0 unspecified atom stereocenters. The Hall–Kier alpha value is -1.53. The molecule has 0 saturated heterocycles. The summed E-state index contributed by atoms with van der Waals surface area (Å²) >= 11 is 6.88. The summed E-state index contributed by atoms with van der Waals surface area (Å²) < 4.78 is 13.2. The van der Waals surface area contributed by atoms with Gasteiger partial charge < -0.3 is 14.8 Å². The van der Waals surface area contributed by atoms with Crippen LogP contribution in [0.5, 0.6) is 11.5 Å². The van der Waals surface area contributed by atoms with Crippen molar-refractivity contribution in [1.82, 2.24) is 0 Å². The fourth-order valence-electron chi connectivity index (χ4n) is 2.15. The molecular formula is C19H21Br2NO3. The van der Waals surface area contributed by atoms with Gasteiger partial charge in [0.2, 0.25) is 0 Å². The van der Waals surface area contributed by atoms with Gasteiger partial charge in [0, 0.05) is 4.47 Å². The molecule has 2 aromatic rings. The maximum absolute atomic E-state index is 12.2. The summed E-state index contributed by atoms with van der Waals surface area (Å²) in [7, 11) is 0. The molecule has 0 aliphatic rings. The smallest absolute Gasteiger partial charge is 0.262 e. The van der Waals surface area contributed by atoms with Gasteiger partial charge in [0.15, 0.2) is 6.61 Å². The molecule has 0 aliphatic carbocycles. The highest BCUT2D eigenvalue weighted by molar-refractivity contribution is 9.11. The zero-order chi connectivity index (χ0) is 18.4. The van der Waals surface area contributed by atoms with Crippen LogP contribution >= 0.6 is 31.9 Å². The number of aryl methyl sites for hydroxylation is 1. The molecule has 134 valence electrons. The Labute approximate surface area is 165 Å². The van der Waals surface area contributed by atoms with E-state index in [1.54, 1.807) is 0 Å². The van der Waals surface area contributed by atoms with Crippen LogP contribution in [-0.2, 0) is 4.79 Å². The number of hydrogen-bond acceptors (Lipinski definition) is 3. The van der Waals surface area contributed by atoms with E-state index in [4.69, 9.17) is 9.47 Å². The fraction of sp³-hybridized carbons (Fsp3) is 0.316. The van der Waals surface area contributed by atoms with Gasteiger partial charge in [0.25, 0.3) is 5.91 Å². The van der Waals surface area contributed by atoms with Crippen molar-refractivity contribution in [3.05, 3.63) is 50.9 Å². The van der Waals surface area contributed by atoms with Crippen LogP contribution in [0.4, 0.5) is 5.69 Å². The molecule has 4 nitrogen and oxygen atoms in total. The number of halogens is 2. The highest BCUT2D eigenvalue weighted by atomic mass is 79.9. The van der Waals surface area contributed by atoms with Crippen LogP contribution in [0.15, 0.2) is 45.3 Å². The zero-order valence-electron chi connectivity index (χ0n) is 14.4. The van der Waals surface area contributed by atoms with Gasteiger partial charge >= 0.3 is 0 Å². The highest BCUT2D eigenvalue weighted by Crippen LogP contribution is 2.32. The monoisotopic (exact) mass is 469 g/mol. The molecule has 1 N–H and O–H groups in total. The van der Waals surface area contributed by atoms with Crippen LogP contribution in [-0.4, -0.2) is 19.1 Å². The number of ether oxygens (including phenoxy) is 2. The SMILES string of the molecule is Cc1cc(Br)cc(Br)c1OCC(=O)Nc1ccccc1OCC(C)C. The van der Waals surface area contributed by atoms with Crippen molar-refractivity contribution in [2.24, 2.45) is 5.92 Å². The summed E-state index contributed by atoms with van der Waals surface area (Å²) in [6.45, 7) is 6.59. The van der Waals surface area contributed by atoms with Gasteiger partial charge in [-0.15, -0.1) is 0 Å². The first-order valence-corrected chi connectivity index (χ1v) is 9.55. The lowest BCUT2D eigenvalue weighted by Crippen LogP contribution is -2.21. The van der Waals surface area contributed by atoms with Crippen LogP contribution < -0.4 is 14.8 Å². The van der Waals surface area contributed by atoms with E-state index >= 15 is 0 Å². The van der Waals surface area contributed by atoms with Gasteiger partial charge in [0.05, 0.1) is 16.8 Å². The number of carbonyl (C=O) groups is 1. The molecule has 0 aliphatic heterocycles. The summed E-state index contributed by atoms with van der Waals surface area (Å²) in [5.74, 6) is 1.48. The van der Waals surface area contributed by atoms with Gasteiger partial charge in [-0.05, 0) is 58.6 Å². The van der Waals surface area contributed by atoms with E-state index in [2.05, 4.69) is 51.0 Å². The third-order valence-electron chi connectivity index (χ3n) is 3.27. The minimum atomic E-state index is -0.241. The van der Waals surface area contributed by atoms with Crippen molar-refractivity contribution in [3.8, 4) is 11.5 Å². The van der Waals surface area contributed by atoms with Crippen LogP contribution in [0.1, 0.15) is 19.4 Å². The van der Waals surface area contributed by atoms with Gasteiger partial charge in [-0.25, -0.2) is 0 Å². The van der Waals surface area contributed by atoms with Crippen LogP contribution in [0.2, 0.25) is 0 Å². The van der Waals surface area contributed by atoms with E-state index in [1.165, 1.54) is 0 Å². The molecular weight excluding hydrogens is 450 g/mol. The fourth-order valence-corrected chi connectivity index (χ4v) is 3.70. The standard InChI is InChI=1S/C19H21Br2NO3/c1-12(2)10-24-17-7-5-4-6-16(17)22-18(23)11-25-19-13(3)8-14(20)9-15(19)21/h4-9,12H,10-11H2,1-3H3,(H,22,23). The highest BCUT2D eigenvalue weighted by Gasteiger charge is 2.12. The summed E-state index contributed by atoms with van der Waals surface area (Å²) in [4.78, 5) is 12.2.